The van der Waals surface area contributed by atoms with E-state index in [1.807, 2.05) is 6.92 Å². The Morgan fingerprint density at radius 3 is 0.757 bits per heavy atom. The second kappa shape index (κ2) is 70.0. The molecule has 0 N–H and O–H groups in total. The van der Waals surface area contributed by atoms with Crippen molar-refractivity contribution in [3.8, 4) is 0 Å². The van der Waals surface area contributed by atoms with Gasteiger partial charge in [-0.15, -0.1) is 0 Å². The van der Waals surface area contributed by atoms with E-state index in [2.05, 4.69) is 75.2 Å². The van der Waals surface area contributed by atoms with Crippen molar-refractivity contribution in [2.45, 2.75) is 357 Å². The Morgan fingerprint density at radius 1 is 0.338 bits per heavy atom. The smallest absolute Gasteiger partial charge is 0.236 e. The summed E-state index contributed by atoms with van der Waals surface area (Å²) in [5.41, 5.74) is 0. The van der Waals surface area contributed by atoms with Gasteiger partial charge in [0.05, 0.1) is 6.54 Å². The van der Waals surface area contributed by atoms with Crippen LogP contribution in [-0.4, -0.2) is 105 Å². The Morgan fingerprint density at radius 2 is 0.541 bits per heavy atom. The van der Waals surface area contributed by atoms with Gasteiger partial charge in [0.25, 0.3) is 0 Å². The quantitative estimate of drug-likeness (QED) is 0.0449. The summed E-state index contributed by atoms with van der Waals surface area (Å²) in [5, 5.41) is 0. The highest BCUT2D eigenvalue weighted by molar-refractivity contribution is 5.78. The number of hydrogen-bond donors (Lipinski definition) is 0. The fraction of sp³-hybridized carbons (Fsp3) is 0.971. The average molecular weight is 1050 g/mol. The summed E-state index contributed by atoms with van der Waals surface area (Å²) in [6.07, 6.45) is 67.9. The van der Waals surface area contributed by atoms with Crippen LogP contribution in [0.5, 0.6) is 0 Å². The van der Waals surface area contributed by atoms with E-state index in [-0.39, 0.29) is 0 Å². The molecule has 0 bridgehead atoms. The van der Waals surface area contributed by atoms with Crippen LogP contribution in [0, 0.1) is 0 Å². The third kappa shape index (κ3) is 67.1. The van der Waals surface area contributed by atoms with Crippen molar-refractivity contribution in [3.63, 3.8) is 0 Å². The number of rotatable bonds is 53. The zero-order chi connectivity index (χ0) is 54.9. The standard InChI is InChI=1S/C30H61N3O.C25H53N.C10H22.C3H6O/c1-4-6-8-10-12-14-16-18-20-22-24-32(23-21-19-17-15-13-11-9-7-5-2)29-30(34)33-27-25-31(3)26-28-33;1-4-6-8-10-12-14-16-18-20-22-24-26(3)25-23-21-19-17-15-13-11-9-7-5-2;1-3-5-7-9-10-8-6-4-2;1-2-3-4/h4-29H2,1-3H3;4-25H2,1-3H3;3-10H2,1-2H3;3H,2H2,1H3. The number of likely N-dealkylation sites (N-methyl/N-ethyl adjacent to an activating group) is 1. The van der Waals surface area contributed by atoms with Gasteiger partial charge in [0.2, 0.25) is 5.91 Å². The largest absolute Gasteiger partial charge is 0.339 e. The summed E-state index contributed by atoms with van der Waals surface area (Å²) in [5.74, 6) is 0.358. The highest BCUT2D eigenvalue weighted by Crippen LogP contribution is 2.16. The lowest BCUT2D eigenvalue weighted by Gasteiger charge is -2.34. The molecule has 0 spiro atoms. The van der Waals surface area contributed by atoms with Gasteiger partial charge in [-0.2, -0.15) is 0 Å². The Labute approximate surface area is 469 Å². The van der Waals surface area contributed by atoms with E-state index >= 15 is 0 Å². The van der Waals surface area contributed by atoms with Crippen LogP contribution in [0.4, 0.5) is 0 Å². The van der Waals surface area contributed by atoms with Crippen LogP contribution in [-0.2, 0) is 9.59 Å². The summed E-state index contributed by atoms with van der Waals surface area (Å²) >= 11 is 0. The van der Waals surface area contributed by atoms with Gasteiger partial charge in [0.15, 0.2) is 0 Å². The van der Waals surface area contributed by atoms with Gasteiger partial charge >= 0.3 is 0 Å². The van der Waals surface area contributed by atoms with Gasteiger partial charge < -0.3 is 19.5 Å². The Bertz CT molecular complexity index is 970. The minimum atomic E-state index is 0.358. The summed E-state index contributed by atoms with van der Waals surface area (Å²) < 4.78 is 0. The maximum Gasteiger partial charge on any atom is 0.236 e. The predicted molar refractivity (Wildman–Crippen MR) is 335 cm³/mol. The third-order valence-corrected chi connectivity index (χ3v) is 15.5. The first-order valence-electron chi connectivity index (χ1n) is 34.1. The molecule has 0 aromatic rings. The van der Waals surface area contributed by atoms with Crippen LogP contribution >= 0.6 is 0 Å². The Balaban J connectivity index is -0.00000110. The topological polar surface area (TPSA) is 47.1 Å². The number of unbranched alkanes of at least 4 members (excludes halogenated alkanes) is 42. The number of carbonyl (C=O) groups excluding carboxylic acids is 2. The monoisotopic (exact) mass is 1050 g/mol. The van der Waals surface area contributed by atoms with Gasteiger partial charge in [0, 0.05) is 32.6 Å². The fourth-order valence-electron chi connectivity index (χ4n) is 10.1. The van der Waals surface area contributed by atoms with Crippen molar-refractivity contribution in [2.75, 3.05) is 73.0 Å². The predicted octanol–water partition coefficient (Wildman–Crippen LogP) is 21.0. The molecule has 0 saturated carbocycles. The maximum absolute atomic E-state index is 12.9. The molecule has 1 aliphatic heterocycles. The molecule has 0 aromatic heterocycles. The second-order valence-electron chi connectivity index (χ2n) is 23.3. The molecule has 0 unspecified atom stereocenters. The van der Waals surface area contributed by atoms with Crippen molar-refractivity contribution in [2.24, 2.45) is 0 Å². The fourth-order valence-corrected chi connectivity index (χ4v) is 10.1. The van der Waals surface area contributed by atoms with E-state index in [1.165, 1.54) is 315 Å². The molecular weight excluding hydrogens is 905 g/mol. The molecule has 1 saturated heterocycles. The SMILES string of the molecule is CCC=O.CCCCCCCCCC.CCCCCCCCCCCCN(C)CCCCCCCCCCCC.CCCCCCCCCCCCN(CCCCCCCCCCC)CC(=O)N1CCN(C)CC1. The van der Waals surface area contributed by atoms with Crippen LogP contribution in [0.1, 0.15) is 357 Å². The highest BCUT2D eigenvalue weighted by Gasteiger charge is 2.21. The van der Waals surface area contributed by atoms with E-state index < -0.39 is 0 Å². The lowest BCUT2D eigenvalue weighted by atomic mass is 10.1. The zero-order valence-corrected chi connectivity index (χ0v) is 53.0. The van der Waals surface area contributed by atoms with Crippen LogP contribution in [0.2, 0.25) is 0 Å². The average Bonchev–Trinajstić information content (AvgIpc) is 3.41. The first-order valence-corrected chi connectivity index (χ1v) is 34.1. The normalized spacial score (nSPS) is 12.6. The van der Waals surface area contributed by atoms with E-state index in [1.54, 1.807) is 0 Å². The molecular formula is C68H142N4O2. The lowest BCUT2D eigenvalue weighted by molar-refractivity contribution is -0.134. The Kier molecular flexibility index (Phi) is 73.1. The lowest BCUT2D eigenvalue weighted by Crippen LogP contribution is -2.50. The van der Waals surface area contributed by atoms with Gasteiger partial charge in [-0.1, -0.05) is 325 Å². The van der Waals surface area contributed by atoms with Gasteiger partial charge in [-0.3, -0.25) is 9.69 Å². The third-order valence-electron chi connectivity index (χ3n) is 15.5. The molecule has 6 heteroatoms. The number of hydrogen-bond acceptors (Lipinski definition) is 5. The molecule has 446 valence electrons. The summed E-state index contributed by atoms with van der Waals surface area (Å²) in [6, 6.07) is 0. The van der Waals surface area contributed by atoms with Gasteiger partial charge in [0.1, 0.15) is 6.29 Å². The van der Waals surface area contributed by atoms with Crippen molar-refractivity contribution in [1.29, 1.82) is 0 Å². The molecule has 0 aliphatic carbocycles. The van der Waals surface area contributed by atoms with E-state index in [0.717, 1.165) is 45.6 Å². The molecule has 0 radical (unpaired) electrons. The minimum absolute atomic E-state index is 0.358. The van der Waals surface area contributed by atoms with Gasteiger partial charge in [-0.25, -0.2) is 0 Å². The van der Waals surface area contributed by atoms with E-state index in [9.17, 15) is 9.59 Å². The summed E-state index contributed by atoms with van der Waals surface area (Å²) in [7, 11) is 4.48. The molecule has 1 aliphatic rings. The number of piperazine rings is 1. The van der Waals surface area contributed by atoms with Crippen molar-refractivity contribution in [1.82, 2.24) is 19.6 Å². The van der Waals surface area contributed by atoms with E-state index in [4.69, 9.17) is 0 Å². The minimum Gasteiger partial charge on any atom is -0.339 e. The highest BCUT2D eigenvalue weighted by atomic mass is 16.2. The maximum atomic E-state index is 12.9. The second-order valence-corrected chi connectivity index (χ2v) is 23.3. The molecule has 1 rings (SSSR count). The zero-order valence-electron chi connectivity index (χ0n) is 53.0. The number of nitrogens with zero attached hydrogens (tertiary/aromatic N) is 4. The molecule has 0 atom stereocenters. The first kappa shape index (κ1) is 77.3. The molecule has 6 nitrogen and oxygen atoms in total. The van der Waals surface area contributed by atoms with Crippen molar-refractivity contribution >= 4 is 12.2 Å². The summed E-state index contributed by atoms with van der Waals surface area (Å²) in [6.45, 7) is 24.8. The number of amides is 1. The number of carbonyl (C=O) groups is 2. The Hall–Kier alpha value is -0.980. The summed E-state index contributed by atoms with van der Waals surface area (Å²) in [4.78, 5) is 31.6. The molecule has 1 amide bonds. The van der Waals surface area contributed by atoms with E-state index in [0.29, 0.717) is 18.9 Å². The van der Waals surface area contributed by atoms with Crippen LogP contribution in [0.3, 0.4) is 0 Å². The first-order chi connectivity index (χ1) is 36.3. The van der Waals surface area contributed by atoms with Crippen LogP contribution in [0.25, 0.3) is 0 Å². The molecule has 1 fully saturated rings. The van der Waals surface area contributed by atoms with Gasteiger partial charge in [-0.05, 0) is 66.0 Å². The molecule has 0 aromatic carbocycles. The van der Waals surface area contributed by atoms with Crippen LogP contribution in [0.15, 0.2) is 0 Å². The van der Waals surface area contributed by atoms with Crippen molar-refractivity contribution in [3.05, 3.63) is 0 Å². The van der Waals surface area contributed by atoms with Crippen LogP contribution < -0.4 is 0 Å². The molecule has 1 heterocycles. The van der Waals surface area contributed by atoms with Crippen molar-refractivity contribution < 1.29 is 9.59 Å². The molecule has 74 heavy (non-hydrogen) atoms. The number of aldehydes is 1.